The predicted molar refractivity (Wildman–Crippen MR) is 87.0 cm³/mol. The molecule has 0 radical (unpaired) electrons. The Bertz CT molecular complexity index is 751. The molecule has 3 rings (SSSR count). The minimum Gasteiger partial charge on any atom is -0.497 e. The van der Waals surface area contributed by atoms with E-state index >= 15 is 0 Å². The molecule has 2 N–H and O–H groups in total. The zero-order valence-corrected chi connectivity index (χ0v) is 12.7. The zero-order chi connectivity index (χ0) is 14.7. The quantitative estimate of drug-likeness (QED) is 0.776. The Balaban J connectivity index is 1.75. The smallest absolute Gasteiger partial charge is 0.123 e. The standard InChI is InChI=1S/C17H17NO2S/c1-19-14-3-2-4-15(9-14)20-11-16-8-13-6-5-12(10-18)7-17(13)21-16/h2-9H,10-11,18H2,1H3. The summed E-state index contributed by atoms with van der Waals surface area (Å²) in [6.07, 6.45) is 0. The third-order valence-corrected chi connectivity index (χ3v) is 4.36. The minimum atomic E-state index is 0.560. The van der Waals surface area contributed by atoms with Gasteiger partial charge in [0.1, 0.15) is 18.1 Å². The molecule has 0 saturated carbocycles. The van der Waals surface area contributed by atoms with Crippen molar-refractivity contribution in [2.75, 3.05) is 7.11 Å². The lowest BCUT2D eigenvalue weighted by molar-refractivity contribution is 0.307. The van der Waals surface area contributed by atoms with Crippen LogP contribution in [0.5, 0.6) is 11.5 Å². The molecule has 1 aromatic heterocycles. The summed E-state index contributed by atoms with van der Waals surface area (Å²) in [5, 5.41) is 1.24. The molecule has 2 aromatic carbocycles. The summed E-state index contributed by atoms with van der Waals surface area (Å²) in [7, 11) is 1.65. The Morgan fingerprint density at radius 2 is 1.90 bits per heavy atom. The van der Waals surface area contributed by atoms with Gasteiger partial charge in [0.2, 0.25) is 0 Å². The summed E-state index contributed by atoms with van der Waals surface area (Å²) in [6.45, 7) is 1.13. The number of nitrogens with two attached hydrogens (primary N) is 1. The lowest BCUT2D eigenvalue weighted by Gasteiger charge is -2.06. The Hall–Kier alpha value is -2.04. The first-order chi connectivity index (χ1) is 10.3. The van der Waals surface area contributed by atoms with Crippen molar-refractivity contribution in [1.29, 1.82) is 0 Å². The highest BCUT2D eigenvalue weighted by molar-refractivity contribution is 7.19. The van der Waals surface area contributed by atoms with Crippen LogP contribution in [0.2, 0.25) is 0 Å². The summed E-state index contributed by atoms with van der Waals surface area (Å²) in [5.41, 5.74) is 6.83. The van der Waals surface area contributed by atoms with Crippen LogP contribution in [0.4, 0.5) is 0 Å². The third-order valence-electron chi connectivity index (χ3n) is 3.29. The third kappa shape index (κ3) is 3.17. The normalized spacial score (nSPS) is 10.8. The maximum absolute atomic E-state index is 5.83. The van der Waals surface area contributed by atoms with E-state index in [1.807, 2.05) is 24.3 Å². The van der Waals surface area contributed by atoms with E-state index in [4.69, 9.17) is 15.2 Å². The Morgan fingerprint density at radius 1 is 1.05 bits per heavy atom. The predicted octanol–water partition coefficient (Wildman–Crippen LogP) is 3.95. The van der Waals surface area contributed by atoms with E-state index in [0.717, 1.165) is 17.1 Å². The molecule has 21 heavy (non-hydrogen) atoms. The molecule has 0 fully saturated rings. The highest BCUT2D eigenvalue weighted by Crippen LogP contribution is 2.28. The van der Waals surface area contributed by atoms with Gasteiger partial charge in [-0.05, 0) is 35.2 Å². The average Bonchev–Trinajstić information content (AvgIpc) is 2.95. The zero-order valence-electron chi connectivity index (χ0n) is 11.8. The fourth-order valence-electron chi connectivity index (χ4n) is 2.17. The van der Waals surface area contributed by atoms with Crippen molar-refractivity contribution < 1.29 is 9.47 Å². The molecule has 1 heterocycles. The van der Waals surface area contributed by atoms with Gasteiger partial charge in [-0.1, -0.05) is 18.2 Å². The van der Waals surface area contributed by atoms with Gasteiger partial charge in [0.15, 0.2) is 0 Å². The van der Waals surface area contributed by atoms with Crippen molar-refractivity contribution in [2.24, 2.45) is 5.73 Å². The van der Waals surface area contributed by atoms with Gasteiger partial charge in [0, 0.05) is 22.2 Å². The van der Waals surface area contributed by atoms with Crippen LogP contribution in [0.3, 0.4) is 0 Å². The molecule has 0 bridgehead atoms. The van der Waals surface area contributed by atoms with Crippen LogP contribution in [0.1, 0.15) is 10.4 Å². The second-order valence-electron chi connectivity index (χ2n) is 4.76. The molecular weight excluding hydrogens is 282 g/mol. The summed E-state index contributed by atoms with van der Waals surface area (Å²) in [5.74, 6) is 1.62. The number of ether oxygens (including phenoxy) is 2. The van der Waals surface area contributed by atoms with Gasteiger partial charge in [-0.3, -0.25) is 0 Å². The fraction of sp³-hybridized carbons (Fsp3) is 0.176. The van der Waals surface area contributed by atoms with Crippen molar-refractivity contribution in [3.8, 4) is 11.5 Å². The summed E-state index contributed by atoms with van der Waals surface area (Å²) >= 11 is 1.74. The Kier molecular flexibility index (Phi) is 4.08. The van der Waals surface area contributed by atoms with Crippen molar-refractivity contribution in [3.63, 3.8) is 0 Å². The lowest BCUT2D eigenvalue weighted by atomic mass is 10.2. The molecule has 0 saturated heterocycles. The van der Waals surface area contributed by atoms with Crippen LogP contribution >= 0.6 is 11.3 Å². The monoisotopic (exact) mass is 299 g/mol. The lowest BCUT2D eigenvalue weighted by Crippen LogP contribution is -1.94. The summed E-state index contributed by atoms with van der Waals surface area (Å²) in [4.78, 5) is 1.20. The topological polar surface area (TPSA) is 44.5 Å². The van der Waals surface area contributed by atoms with Crippen molar-refractivity contribution in [1.82, 2.24) is 0 Å². The number of rotatable bonds is 5. The van der Waals surface area contributed by atoms with Gasteiger partial charge in [-0.15, -0.1) is 11.3 Å². The van der Waals surface area contributed by atoms with Crippen LogP contribution in [-0.2, 0) is 13.2 Å². The summed E-state index contributed by atoms with van der Waals surface area (Å²) in [6, 6.07) is 16.1. The van der Waals surface area contributed by atoms with Crippen molar-refractivity contribution >= 4 is 21.4 Å². The number of methoxy groups -OCH3 is 1. The number of hydrogen-bond acceptors (Lipinski definition) is 4. The van der Waals surface area contributed by atoms with Gasteiger partial charge in [-0.2, -0.15) is 0 Å². The maximum atomic E-state index is 5.83. The molecule has 0 unspecified atom stereocenters. The molecule has 0 atom stereocenters. The van der Waals surface area contributed by atoms with E-state index in [9.17, 15) is 0 Å². The van der Waals surface area contributed by atoms with Crippen molar-refractivity contribution in [2.45, 2.75) is 13.2 Å². The summed E-state index contributed by atoms with van der Waals surface area (Å²) < 4.78 is 12.3. The number of benzene rings is 2. The fourth-order valence-corrected chi connectivity index (χ4v) is 3.22. The van der Waals surface area contributed by atoms with E-state index in [1.54, 1.807) is 18.4 Å². The number of fused-ring (bicyclic) bond motifs is 1. The van der Waals surface area contributed by atoms with E-state index < -0.39 is 0 Å². The molecular formula is C17H17NO2S. The maximum Gasteiger partial charge on any atom is 0.123 e. The van der Waals surface area contributed by atoms with Gasteiger partial charge in [0.25, 0.3) is 0 Å². The minimum absolute atomic E-state index is 0.560. The molecule has 3 aromatic rings. The highest BCUT2D eigenvalue weighted by atomic mass is 32.1. The first-order valence-corrected chi connectivity index (χ1v) is 7.58. The van der Waals surface area contributed by atoms with Crippen LogP contribution < -0.4 is 15.2 Å². The van der Waals surface area contributed by atoms with E-state index in [0.29, 0.717) is 13.2 Å². The van der Waals surface area contributed by atoms with Crippen LogP contribution in [-0.4, -0.2) is 7.11 Å². The second-order valence-corrected chi connectivity index (χ2v) is 5.93. The van der Waals surface area contributed by atoms with E-state index in [2.05, 4.69) is 24.3 Å². The number of hydrogen-bond donors (Lipinski definition) is 1. The highest BCUT2D eigenvalue weighted by Gasteiger charge is 2.04. The van der Waals surface area contributed by atoms with Crippen LogP contribution in [0, 0.1) is 0 Å². The van der Waals surface area contributed by atoms with Gasteiger partial charge >= 0.3 is 0 Å². The molecule has 0 aliphatic rings. The van der Waals surface area contributed by atoms with Gasteiger partial charge in [-0.25, -0.2) is 0 Å². The second kappa shape index (κ2) is 6.16. The molecule has 0 aliphatic heterocycles. The van der Waals surface area contributed by atoms with Gasteiger partial charge < -0.3 is 15.2 Å². The molecule has 0 amide bonds. The Labute approximate surface area is 127 Å². The first kappa shape index (κ1) is 13.9. The Morgan fingerprint density at radius 3 is 2.71 bits per heavy atom. The molecule has 0 aliphatic carbocycles. The van der Waals surface area contributed by atoms with Crippen molar-refractivity contribution in [3.05, 3.63) is 59.0 Å². The van der Waals surface area contributed by atoms with Gasteiger partial charge in [0.05, 0.1) is 7.11 Å². The first-order valence-electron chi connectivity index (χ1n) is 6.77. The van der Waals surface area contributed by atoms with Crippen LogP contribution in [0.25, 0.3) is 10.1 Å². The molecule has 108 valence electrons. The average molecular weight is 299 g/mol. The molecule has 0 spiro atoms. The van der Waals surface area contributed by atoms with Crippen LogP contribution in [0.15, 0.2) is 48.5 Å². The molecule has 4 heteroatoms. The van der Waals surface area contributed by atoms with E-state index in [-0.39, 0.29) is 0 Å². The van der Waals surface area contributed by atoms with E-state index in [1.165, 1.54) is 15.0 Å². The largest absolute Gasteiger partial charge is 0.497 e. The SMILES string of the molecule is COc1cccc(OCc2cc3ccc(CN)cc3s2)c1. The molecule has 3 nitrogen and oxygen atoms in total. The number of thiophene rings is 1.